The number of oxime groups is 2. The Hall–Kier alpha value is -1.77. The van der Waals surface area contributed by atoms with Gasteiger partial charge in [-0.15, -0.1) is 0 Å². The second-order valence-corrected chi connectivity index (χ2v) is 3.09. The molecule has 0 saturated heterocycles. The van der Waals surface area contributed by atoms with E-state index in [2.05, 4.69) is 10.3 Å². The van der Waals surface area contributed by atoms with E-state index < -0.39 is 0 Å². The molecule has 0 aliphatic carbocycles. The third-order valence-corrected chi connectivity index (χ3v) is 1.71. The van der Waals surface area contributed by atoms with Gasteiger partial charge in [-0.3, -0.25) is 0 Å². The van der Waals surface area contributed by atoms with E-state index in [0.29, 0.717) is 0 Å². The van der Waals surface area contributed by atoms with E-state index in [4.69, 9.17) is 21.0 Å². The Labute approximate surface area is 82.6 Å². The lowest BCUT2D eigenvalue weighted by Gasteiger charge is -2.12. The van der Waals surface area contributed by atoms with Gasteiger partial charge in [0.25, 0.3) is 0 Å². The number of nitrogens with zero attached hydrogens (tertiary/aromatic N) is 3. The monoisotopic (exact) mass is 198 g/mol. The van der Waals surface area contributed by atoms with E-state index in [9.17, 15) is 0 Å². The Balaban J connectivity index is 4.43. The van der Waals surface area contributed by atoms with Gasteiger partial charge in [0.2, 0.25) is 11.5 Å². The fourth-order valence-corrected chi connectivity index (χ4v) is 0.429. The predicted molar refractivity (Wildman–Crippen MR) is 51.8 cm³/mol. The summed E-state index contributed by atoms with van der Waals surface area (Å²) in [7, 11) is 0. The third-order valence-electron chi connectivity index (χ3n) is 1.71. The number of hydrogen-bond acceptors (Lipinski definition) is 5. The third kappa shape index (κ3) is 3.76. The molecule has 0 amide bonds. The summed E-state index contributed by atoms with van der Waals surface area (Å²) in [6.45, 7) is 5.72. The Morgan fingerprint density at radius 2 is 2.07 bits per heavy atom. The molecule has 6 nitrogen and oxygen atoms in total. The maximum atomic E-state index is 8.55. The lowest BCUT2D eigenvalue weighted by molar-refractivity contribution is 0.0410. The predicted octanol–water partition coefficient (Wildman–Crippen LogP) is 0.673. The molecule has 0 aromatic carbocycles. The van der Waals surface area contributed by atoms with Crippen LogP contribution in [0.4, 0.5) is 0 Å². The molecule has 6 heteroatoms. The van der Waals surface area contributed by atoms with Gasteiger partial charge in [-0.2, -0.15) is 5.26 Å². The van der Waals surface area contributed by atoms with Crippen molar-refractivity contribution >= 4 is 11.5 Å². The normalized spacial score (nSPS) is 15.1. The van der Waals surface area contributed by atoms with E-state index in [1.54, 1.807) is 6.07 Å². The van der Waals surface area contributed by atoms with Crippen molar-refractivity contribution in [2.75, 3.05) is 0 Å². The minimum atomic E-state index is -0.358. The van der Waals surface area contributed by atoms with E-state index in [1.165, 1.54) is 0 Å². The van der Waals surface area contributed by atoms with Crippen LogP contribution >= 0.6 is 0 Å². The Kier molecular flexibility index (Phi) is 5.07. The quantitative estimate of drug-likeness (QED) is 0.300. The van der Waals surface area contributed by atoms with E-state index in [0.717, 1.165) is 0 Å². The molecule has 0 saturated carbocycles. The first-order chi connectivity index (χ1) is 6.52. The molecule has 3 N–H and O–H groups in total. The van der Waals surface area contributed by atoms with Crippen molar-refractivity contribution in [1.29, 1.82) is 5.26 Å². The number of nitrogens with two attached hydrogens (primary N) is 1. The summed E-state index contributed by atoms with van der Waals surface area (Å²) in [6.07, 6.45) is -0.134. The second kappa shape index (κ2) is 5.80. The zero-order valence-electron chi connectivity index (χ0n) is 8.43. The topological polar surface area (TPSA) is 104 Å². The highest BCUT2D eigenvalue weighted by atomic mass is 16.6. The van der Waals surface area contributed by atoms with Crippen LogP contribution in [-0.4, -0.2) is 22.9 Å². The van der Waals surface area contributed by atoms with Crippen molar-refractivity contribution in [2.45, 2.75) is 26.9 Å². The standard InChI is InChI=1S/C8H14N4O2/c1-5(2)6(3)14-12-7(4-9)8(10)11-13/h5-6,13H,1-3H3,(H2,10,11)/b12-7-. The van der Waals surface area contributed by atoms with Crippen molar-refractivity contribution in [3.8, 4) is 6.07 Å². The molecule has 78 valence electrons. The maximum Gasteiger partial charge on any atom is 0.224 e. The summed E-state index contributed by atoms with van der Waals surface area (Å²) < 4.78 is 0. The first-order valence-electron chi connectivity index (χ1n) is 4.14. The minimum Gasteiger partial charge on any atom is -0.409 e. The number of amidine groups is 1. The first kappa shape index (κ1) is 12.2. The highest BCUT2D eigenvalue weighted by Crippen LogP contribution is 2.05. The van der Waals surface area contributed by atoms with Crippen LogP contribution in [0.1, 0.15) is 20.8 Å². The van der Waals surface area contributed by atoms with Crippen molar-refractivity contribution in [1.82, 2.24) is 0 Å². The van der Waals surface area contributed by atoms with E-state index >= 15 is 0 Å². The van der Waals surface area contributed by atoms with Crippen molar-refractivity contribution < 1.29 is 10.0 Å². The van der Waals surface area contributed by atoms with E-state index in [1.807, 2.05) is 20.8 Å². The van der Waals surface area contributed by atoms with Crippen LogP contribution in [0, 0.1) is 17.2 Å². The zero-order chi connectivity index (χ0) is 11.1. The highest BCUT2D eigenvalue weighted by molar-refractivity contribution is 6.46. The number of nitriles is 1. The Morgan fingerprint density at radius 3 is 2.43 bits per heavy atom. The van der Waals surface area contributed by atoms with Crippen molar-refractivity contribution in [2.24, 2.45) is 22.0 Å². The molecule has 0 aliphatic rings. The molecule has 0 aromatic heterocycles. The molecule has 14 heavy (non-hydrogen) atoms. The average molecular weight is 198 g/mol. The molecule has 0 spiro atoms. The van der Waals surface area contributed by atoms with Gasteiger partial charge in [-0.05, 0) is 12.8 Å². The molecule has 0 rings (SSSR count). The molecule has 1 atom stereocenters. The zero-order valence-corrected chi connectivity index (χ0v) is 8.43. The van der Waals surface area contributed by atoms with Gasteiger partial charge in [0.15, 0.2) is 0 Å². The highest BCUT2D eigenvalue weighted by Gasteiger charge is 2.10. The summed E-state index contributed by atoms with van der Waals surface area (Å²) in [5, 5.41) is 22.9. The molecular weight excluding hydrogens is 184 g/mol. The maximum absolute atomic E-state index is 8.55. The summed E-state index contributed by atoms with van der Waals surface area (Å²) >= 11 is 0. The van der Waals surface area contributed by atoms with Crippen LogP contribution in [0.25, 0.3) is 0 Å². The molecule has 0 aromatic rings. The van der Waals surface area contributed by atoms with Gasteiger partial charge >= 0.3 is 0 Å². The fourth-order valence-electron chi connectivity index (χ4n) is 0.429. The number of rotatable bonds is 4. The SMILES string of the molecule is CC(C)C(C)O/N=C(C#N)\C(N)=N/O. The van der Waals surface area contributed by atoms with Crippen molar-refractivity contribution in [3.05, 3.63) is 0 Å². The summed E-state index contributed by atoms with van der Waals surface area (Å²) in [5.41, 5.74) is 4.92. The molecule has 0 bridgehead atoms. The van der Waals surface area contributed by atoms with Crippen LogP contribution in [0.5, 0.6) is 0 Å². The van der Waals surface area contributed by atoms with Crippen LogP contribution in [0.15, 0.2) is 10.3 Å². The Bertz CT molecular complexity index is 278. The van der Waals surface area contributed by atoms with Gasteiger partial charge in [0.1, 0.15) is 12.2 Å². The van der Waals surface area contributed by atoms with Crippen LogP contribution < -0.4 is 5.73 Å². The summed E-state index contributed by atoms with van der Waals surface area (Å²) in [6, 6.07) is 1.66. The fraction of sp³-hybridized carbons (Fsp3) is 0.625. The molecule has 0 aliphatic heterocycles. The Morgan fingerprint density at radius 1 is 1.50 bits per heavy atom. The molecule has 0 radical (unpaired) electrons. The van der Waals surface area contributed by atoms with Gasteiger partial charge in [-0.25, -0.2) is 0 Å². The van der Waals surface area contributed by atoms with E-state index in [-0.39, 0.29) is 23.6 Å². The minimum absolute atomic E-state index is 0.134. The van der Waals surface area contributed by atoms with Gasteiger partial charge in [0.05, 0.1) is 0 Å². The van der Waals surface area contributed by atoms with Crippen LogP contribution in [0.3, 0.4) is 0 Å². The summed E-state index contributed by atoms with van der Waals surface area (Å²) in [4.78, 5) is 4.97. The van der Waals surface area contributed by atoms with Gasteiger partial charge in [-0.1, -0.05) is 24.2 Å². The molecule has 0 heterocycles. The lowest BCUT2D eigenvalue weighted by atomic mass is 10.1. The largest absolute Gasteiger partial charge is 0.409 e. The van der Waals surface area contributed by atoms with Crippen molar-refractivity contribution in [3.63, 3.8) is 0 Å². The van der Waals surface area contributed by atoms with Crippen LogP contribution in [-0.2, 0) is 4.84 Å². The molecule has 0 fully saturated rings. The van der Waals surface area contributed by atoms with Crippen LogP contribution in [0.2, 0.25) is 0 Å². The smallest absolute Gasteiger partial charge is 0.224 e. The molecular formula is C8H14N4O2. The summed E-state index contributed by atoms with van der Waals surface area (Å²) in [5.74, 6) is -0.0885. The number of hydrogen-bond donors (Lipinski definition) is 2. The van der Waals surface area contributed by atoms with Gasteiger partial charge in [0, 0.05) is 0 Å². The van der Waals surface area contributed by atoms with Gasteiger partial charge < -0.3 is 15.8 Å². The first-order valence-corrected chi connectivity index (χ1v) is 4.14. The second-order valence-electron chi connectivity index (χ2n) is 3.09. The molecule has 1 unspecified atom stereocenters. The lowest BCUT2D eigenvalue weighted by Crippen LogP contribution is -2.24. The average Bonchev–Trinajstić information content (AvgIpc) is 2.17.